The van der Waals surface area contributed by atoms with E-state index in [4.69, 9.17) is 5.73 Å². The van der Waals surface area contributed by atoms with Crippen molar-refractivity contribution in [2.24, 2.45) is 10.7 Å². The largest absolute Gasteiger partial charge is 0.370 e. The quantitative estimate of drug-likeness (QED) is 0.342. The van der Waals surface area contributed by atoms with Gasteiger partial charge in [0.15, 0.2) is 5.96 Å². The number of fused-ring (bicyclic) bond motifs is 1. The monoisotopic (exact) mass is 423 g/mol. The molecule has 120 valence electrons. The molecule has 0 amide bonds. The molecule has 1 aromatic heterocycles. The molecular formula is C16H18IN5O. The van der Waals surface area contributed by atoms with E-state index in [0.717, 1.165) is 16.7 Å². The third-order valence-electron chi connectivity index (χ3n) is 3.33. The Kier molecular flexibility index (Phi) is 5.80. The molecule has 4 N–H and O–H groups in total. The molecule has 0 saturated carbocycles. The minimum atomic E-state index is -0.133. The number of hydrogen-bond donors (Lipinski definition) is 3. The zero-order valence-corrected chi connectivity index (χ0v) is 14.7. The van der Waals surface area contributed by atoms with Crippen molar-refractivity contribution in [1.29, 1.82) is 0 Å². The molecule has 3 aromatic rings. The van der Waals surface area contributed by atoms with Crippen molar-refractivity contribution in [3.05, 3.63) is 65.1 Å². The summed E-state index contributed by atoms with van der Waals surface area (Å²) in [6.07, 6.45) is 0. The number of nitrogens with one attached hydrogen (secondary N) is 2. The van der Waals surface area contributed by atoms with Crippen molar-refractivity contribution in [1.82, 2.24) is 9.55 Å². The second-order valence-electron chi connectivity index (χ2n) is 4.86. The van der Waals surface area contributed by atoms with Crippen LogP contribution in [0.1, 0.15) is 0 Å². The molecule has 0 unspecified atom stereocenters. The van der Waals surface area contributed by atoms with Gasteiger partial charge in [-0.3, -0.25) is 9.56 Å². The lowest BCUT2D eigenvalue weighted by Gasteiger charge is -2.05. The minimum Gasteiger partial charge on any atom is -0.370 e. The zero-order valence-electron chi connectivity index (χ0n) is 12.4. The van der Waals surface area contributed by atoms with Crippen LogP contribution in [0.3, 0.4) is 0 Å². The number of rotatable bonds is 4. The summed E-state index contributed by atoms with van der Waals surface area (Å²) in [5.41, 5.74) is 8.29. The normalized spacial score (nSPS) is 11.2. The molecule has 23 heavy (non-hydrogen) atoms. The van der Waals surface area contributed by atoms with Crippen LogP contribution in [0.25, 0.3) is 11.0 Å². The van der Waals surface area contributed by atoms with Gasteiger partial charge in [-0.25, -0.2) is 4.79 Å². The highest BCUT2D eigenvalue weighted by Gasteiger charge is 2.04. The van der Waals surface area contributed by atoms with E-state index in [0.29, 0.717) is 19.0 Å². The summed E-state index contributed by atoms with van der Waals surface area (Å²) < 4.78 is 1.66. The number of nitrogens with zero attached hydrogens (tertiary/aromatic N) is 2. The number of para-hydroxylation sites is 3. The number of aromatic nitrogens is 2. The summed E-state index contributed by atoms with van der Waals surface area (Å²) in [7, 11) is 0. The molecule has 1 heterocycles. The summed E-state index contributed by atoms with van der Waals surface area (Å²) in [4.78, 5) is 19.0. The molecule has 0 fully saturated rings. The van der Waals surface area contributed by atoms with Crippen molar-refractivity contribution in [3.63, 3.8) is 0 Å². The van der Waals surface area contributed by atoms with Gasteiger partial charge < -0.3 is 16.0 Å². The fourth-order valence-corrected chi connectivity index (χ4v) is 2.31. The average molecular weight is 423 g/mol. The number of halogens is 1. The summed E-state index contributed by atoms with van der Waals surface area (Å²) in [5, 5.41) is 3.01. The van der Waals surface area contributed by atoms with Crippen LogP contribution in [0, 0.1) is 0 Å². The van der Waals surface area contributed by atoms with E-state index < -0.39 is 0 Å². The van der Waals surface area contributed by atoms with Crippen LogP contribution in [0.5, 0.6) is 0 Å². The van der Waals surface area contributed by atoms with E-state index in [1.54, 1.807) is 4.57 Å². The van der Waals surface area contributed by atoms with Gasteiger partial charge in [0, 0.05) is 12.2 Å². The Bertz CT molecular complexity index is 854. The van der Waals surface area contributed by atoms with Gasteiger partial charge >= 0.3 is 5.69 Å². The summed E-state index contributed by atoms with van der Waals surface area (Å²) in [5.74, 6) is 0.332. The lowest BCUT2D eigenvalue weighted by Crippen LogP contribution is -2.24. The summed E-state index contributed by atoms with van der Waals surface area (Å²) in [6.45, 7) is 0.896. The second-order valence-corrected chi connectivity index (χ2v) is 4.86. The Balaban J connectivity index is 0.00000192. The Hall–Kier alpha value is -2.29. The first-order valence-electron chi connectivity index (χ1n) is 7.03. The summed E-state index contributed by atoms with van der Waals surface area (Å²) >= 11 is 0. The molecule has 2 aromatic carbocycles. The molecule has 0 bridgehead atoms. The molecule has 6 nitrogen and oxygen atoms in total. The third kappa shape index (κ3) is 4.13. The maximum atomic E-state index is 11.9. The van der Waals surface area contributed by atoms with E-state index in [-0.39, 0.29) is 29.7 Å². The first-order valence-corrected chi connectivity index (χ1v) is 7.03. The Morgan fingerprint density at radius 1 is 1.13 bits per heavy atom. The number of aromatic amines is 1. The van der Waals surface area contributed by atoms with Gasteiger partial charge in [0.05, 0.1) is 17.6 Å². The van der Waals surface area contributed by atoms with Crippen LogP contribution in [-0.2, 0) is 6.54 Å². The number of aliphatic imine (C=N–C) groups is 1. The third-order valence-corrected chi connectivity index (χ3v) is 3.33. The van der Waals surface area contributed by atoms with Gasteiger partial charge in [0.25, 0.3) is 0 Å². The topological polar surface area (TPSA) is 88.2 Å². The van der Waals surface area contributed by atoms with Crippen LogP contribution in [-0.4, -0.2) is 22.1 Å². The van der Waals surface area contributed by atoms with Crippen LogP contribution >= 0.6 is 24.0 Å². The molecule has 0 aliphatic heterocycles. The highest BCUT2D eigenvalue weighted by atomic mass is 127. The number of hydrogen-bond acceptors (Lipinski definition) is 2. The van der Waals surface area contributed by atoms with Crippen molar-refractivity contribution in [3.8, 4) is 0 Å². The average Bonchev–Trinajstić information content (AvgIpc) is 2.84. The number of nitrogens with two attached hydrogens (primary N) is 1. The first kappa shape index (κ1) is 17.1. The number of anilines is 1. The van der Waals surface area contributed by atoms with Crippen molar-refractivity contribution in [2.45, 2.75) is 6.54 Å². The fraction of sp³-hybridized carbons (Fsp3) is 0.125. The second kappa shape index (κ2) is 7.82. The van der Waals surface area contributed by atoms with Crippen LogP contribution in [0.4, 0.5) is 5.69 Å². The van der Waals surface area contributed by atoms with E-state index in [9.17, 15) is 4.79 Å². The van der Waals surface area contributed by atoms with Crippen molar-refractivity contribution >= 4 is 46.7 Å². The predicted octanol–water partition coefficient (Wildman–Crippen LogP) is 2.37. The molecule has 0 saturated heterocycles. The summed E-state index contributed by atoms with van der Waals surface area (Å²) in [6, 6.07) is 17.2. The van der Waals surface area contributed by atoms with E-state index in [2.05, 4.69) is 15.3 Å². The van der Waals surface area contributed by atoms with Crippen molar-refractivity contribution in [2.75, 3.05) is 11.9 Å². The highest BCUT2D eigenvalue weighted by Crippen LogP contribution is 2.08. The van der Waals surface area contributed by atoms with Crippen LogP contribution < -0.4 is 16.7 Å². The maximum absolute atomic E-state index is 11.9. The van der Waals surface area contributed by atoms with Gasteiger partial charge in [-0.05, 0) is 24.3 Å². The maximum Gasteiger partial charge on any atom is 0.326 e. The molecule has 0 spiro atoms. The zero-order chi connectivity index (χ0) is 15.4. The Labute approximate surface area is 150 Å². The highest BCUT2D eigenvalue weighted by molar-refractivity contribution is 14.0. The van der Waals surface area contributed by atoms with Gasteiger partial charge in [-0.2, -0.15) is 0 Å². The van der Waals surface area contributed by atoms with E-state index in [1.165, 1.54) is 0 Å². The number of imidazole rings is 1. The standard InChI is InChI=1S/C16H17N5O.HI/c17-15(19-12-6-2-1-3-7-12)18-10-11-21-14-9-5-4-8-13(14)20-16(21)22;/h1-9H,10-11H2,(H,20,22)(H3,17,18,19);1H. The number of guanidine groups is 1. The molecule has 0 aliphatic carbocycles. The Morgan fingerprint density at radius 2 is 1.83 bits per heavy atom. The first-order chi connectivity index (χ1) is 10.7. The van der Waals surface area contributed by atoms with Crippen LogP contribution in [0.15, 0.2) is 64.4 Å². The molecule has 0 atom stereocenters. The molecule has 0 radical (unpaired) electrons. The minimum absolute atomic E-state index is 0. The van der Waals surface area contributed by atoms with E-state index in [1.807, 2.05) is 54.6 Å². The fourth-order valence-electron chi connectivity index (χ4n) is 2.31. The smallest absolute Gasteiger partial charge is 0.326 e. The SMILES string of the molecule is I.NC(=NCCn1c(=O)[nH]c2ccccc21)Nc1ccccc1. The molecule has 7 heteroatoms. The number of benzene rings is 2. The predicted molar refractivity (Wildman–Crippen MR) is 105 cm³/mol. The molecule has 3 rings (SSSR count). The van der Waals surface area contributed by atoms with Gasteiger partial charge in [-0.1, -0.05) is 30.3 Å². The van der Waals surface area contributed by atoms with Crippen LogP contribution in [0.2, 0.25) is 0 Å². The lowest BCUT2D eigenvalue weighted by molar-refractivity contribution is 0.703. The number of H-pyrrole nitrogens is 1. The van der Waals surface area contributed by atoms with Gasteiger partial charge in [0.2, 0.25) is 0 Å². The van der Waals surface area contributed by atoms with E-state index >= 15 is 0 Å². The van der Waals surface area contributed by atoms with Gasteiger partial charge in [0.1, 0.15) is 0 Å². The van der Waals surface area contributed by atoms with Gasteiger partial charge in [-0.15, -0.1) is 24.0 Å². The molecule has 0 aliphatic rings. The molecular weight excluding hydrogens is 405 g/mol. The lowest BCUT2D eigenvalue weighted by atomic mass is 10.3. The Morgan fingerprint density at radius 3 is 2.61 bits per heavy atom. The van der Waals surface area contributed by atoms with Crippen molar-refractivity contribution < 1.29 is 0 Å².